The lowest BCUT2D eigenvalue weighted by molar-refractivity contribution is 0.0744. The lowest BCUT2D eigenvalue weighted by Crippen LogP contribution is -2.30. The minimum Gasteiger partial charge on any atom is -0.335 e. The van der Waals surface area contributed by atoms with Gasteiger partial charge in [0.25, 0.3) is 5.91 Å². The fraction of sp³-hybridized carbons (Fsp3) is 0.409. The Morgan fingerprint density at radius 2 is 1.89 bits per heavy atom. The van der Waals surface area contributed by atoms with Gasteiger partial charge in [-0.1, -0.05) is 30.3 Å². The molecule has 0 N–H and O–H groups in total. The number of hydrogen-bond donors (Lipinski definition) is 0. The van der Waals surface area contributed by atoms with Crippen LogP contribution in [0, 0.1) is 0 Å². The number of pyridine rings is 1. The minimum atomic E-state index is -0.00793. The van der Waals surface area contributed by atoms with Crippen LogP contribution in [0.1, 0.15) is 73.2 Å². The van der Waals surface area contributed by atoms with Crippen molar-refractivity contribution in [3.05, 3.63) is 59.4 Å². The lowest BCUT2D eigenvalue weighted by atomic mass is 10.0. The van der Waals surface area contributed by atoms with Crippen LogP contribution in [0.4, 0.5) is 0 Å². The molecule has 0 saturated heterocycles. The van der Waals surface area contributed by atoms with Crippen LogP contribution in [-0.4, -0.2) is 32.6 Å². The van der Waals surface area contributed by atoms with E-state index in [0.717, 1.165) is 35.1 Å². The van der Waals surface area contributed by atoms with Crippen molar-refractivity contribution < 1.29 is 4.79 Å². The molecule has 4 rings (SSSR count). The van der Waals surface area contributed by atoms with E-state index in [2.05, 4.69) is 38.0 Å². The molecule has 140 valence electrons. The van der Waals surface area contributed by atoms with Crippen molar-refractivity contribution in [1.82, 2.24) is 19.7 Å². The van der Waals surface area contributed by atoms with Crippen LogP contribution in [0.2, 0.25) is 0 Å². The summed E-state index contributed by atoms with van der Waals surface area (Å²) in [5.41, 5.74) is 3.67. The molecule has 1 aromatic carbocycles. The van der Waals surface area contributed by atoms with Gasteiger partial charge in [0.15, 0.2) is 5.65 Å². The summed E-state index contributed by atoms with van der Waals surface area (Å²) in [6.45, 7) is 6.23. The summed E-state index contributed by atoms with van der Waals surface area (Å²) < 4.78 is 1.92. The van der Waals surface area contributed by atoms with E-state index in [4.69, 9.17) is 4.98 Å². The molecular formula is C22H26N4O. The van der Waals surface area contributed by atoms with Crippen molar-refractivity contribution in [1.29, 1.82) is 0 Å². The third-order valence-corrected chi connectivity index (χ3v) is 5.48. The normalized spacial score (nSPS) is 15.3. The average molecular weight is 362 g/mol. The first-order chi connectivity index (χ1) is 13.0. The van der Waals surface area contributed by atoms with Crippen molar-refractivity contribution in [2.45, 2.75) is 51.6 Å². The minimum absolute atomic E-state index is 0.00793. The van der Waals surface area contributed by atoms with E-state index in [-0.39, 0.29) is 18.0 Å². The fourth-order valence-electron chi connectivity index (χ4n) is 3.50. The summed E-state index contributed by atoms with van der Waals surface area (Å²) in [6, 6.07) is 12.3. The maximum atomic E-state index is 13.4. The van der Waals surface area contributed by atoms with Crippen molar-refractivity contribution in [2.24, 2.45) is 0 Å². The SMILES string of the molecule is CC(c1ccccc1)N(C)C(=O)c1cc(C2CC2)nc2c1cnn2C(C)C. The summed E-state index contributed by atoms with van der Waals surface area (Å²) in [6.07, 6.45) is 4.09. The Kier molecular flexibility index (Phi) is 4.46. The second-order valence-corrected chi connectivity index (χ2v) is 7.79. The van der Waals surface area contributed by atoms with E-state index in [1.807, 2.05) is 40.9 Å². The van der Waals surface area contributed by atoms with Crippen molar-refractivity contribution in [2.75, 3.05) is 7.05 Å². The Morgan fingerprint density at radius 3 is 2.52 bits per heavy atom. The maximum absolute atomic E-state index is 13.4. The van der Waals surface area contributed by atoms with Gasteiger partial charge in [-0.2, -0.15) is 5.10 Å². The summed E-state index contributed by atoms with van der Waals surface area (Å²) in [5, 5.41) is 5.34. The molecule has 1 aliphatic rings. The average Bonchev–Trinajstić information content (AvgIpc) is 3.44. The van der Waals surface area contributed by atoms with Crippen LogP contribution in [0.3, 0.4) is 0 Å². The molecule has 2 aromatic heterocycles. The predicted molar refractivity (Wildman–Crippen MR) is 107 cm³/mol. The standard InChI is InChI=1S/C22H26N4O/c1-14(2)26-21-19(13-23-26)18(12-20(24-21)17-10-11-17)22(27)25(4)15(3)16-8-6-5-7-9-16/h5-9,12-15,17H,10-11H2,1-4H3. The molecule has 1 unspecified atom stereocenters. The molecule has 0 bridgehead atoms. The Hall–Kier alpha value is -2.69. The number of carbonyl (C=O) groups excluding carboxylic acids is 1. The topological polar surface area (TPSA) is 51.0 Å². The zero-order valence-electron chi connectivity index (χ0n) is 16.4. The number of hydrogen-bond acceptors (Lipinski definition) is 3. The molecule has 0 spiro atoms. The van der Waals surface area contributed by atoms with Gasteiger partial charge in [-0.05, 0) is 45.2 Å². The van der Waals surface area contributed by atoms with Crippen LogP contribution in [-0.2, 0) is 0 Å². The van der Waals surface area contributed by atoms with E-state index in [1.165, 1.54) is 0 Å². The first-order valence-corrected chi connectivity index (χ1v) is 9.67. The van der Waals surface area contributed by atoms with Crippen LogP contribution in [0.5, 0.6) is 0 Å². The van der Waals surface area contributed by atoms with E-state index in [0.29, 0.717) is 11.5 Å². The largest absolute Gasteiger partial charge is 0.335 e. The second-order valence-electron chi connectivity index (χ2n) is 7.79. The molecule has 2 heterocycles. The summed E-state index contributed by atoms with van der Waals surface area (Å²) in [5.74, 6) is 0.497. The molecule has 0 aliphatic heterocycles. The zero-order chi connectivity index (χ0) is 19.1. The summed E-state index contributed by atoms with van der Waals surface area (Å²) in [7, 11) is 1.87. The van der Waals surface area contributed by atoms with Crippen molar-refractivity contribution in [3.63, 3.8) is 0 Å². The first kappa shape index (κ1) is 17.7. The molecule has 1 saturated carbocycles. The van der Waals surface area contributed by atoms with E-state index in [1.54, 1.807) is 6.20 Å². The Morgan fingerprint density at radius 1 is 1.19 bits per heavy atom. The lowest BCUT2D eigenvalue weighted by Gasteiger charge is -2.26. The summed E-state index contributed by atoms with van der Waals surface area (Å²) >= 11 is 0. The number of nitrogens with zero attached hydrogens (tertiary/aromatic N) is 4. The van der Waals surface area contributed by atoms with Crippen molar-refractivity contribution >= 4 is 16.9 Å². The Balaban J connectivity index is 1.76. The van der Waals surface area contributed by atoms with E-state index < -0.39 is 0 Å². The molecule has 5 heteroatoms. The second kappa shape index (κ2) is 6.80. The molecule has 1 aliphatic carbocycles. The number of fused-ring (bicyclic) bond motifs is 1. The Labute approximate surface area is 160 Å². The molecule has 1 fully saturated rings. The van der Waals surface area contributed by atoms with Crippen LogP contribution in [0.15, 0.2) is 42.6 Å². The smallest absolute Gasteiger partial charge is 0.254 e. The fourth-order valence-corrected chi connectivity index (χ4v) is 3.50. The predicted octanol–water partition coefficient (Wildman–Crippen LogP) is 4.72. The van der Waals surface area contributed by atoms with E-state index >= 15 is 0 Å². The highest BCUT2D eigenvalue weighted by Gasteiger charge is 2.29. The monoisotopic (exact) mass is 362 g/mol. The van der Waals surface area contributed by atoms with Gasteiger partial charge < -0.3 is 4.90 Å². The van der Waals surface area contributed by atoms with Crippen LogP contribution in [0.25, 0.3) is 11.0 Å². The molecule has 3 aromatic rings. The van der Waals surface area contributed by atoms with Gasteiger partial charge >= 0.3 is 0 Å². The number of rotatable bonds is 5. The van der Waals surface area contributed by atoms with E-state index in [9.17, 15) is 4.79 Å². The third-order valence-electron chi connectivity index (χ3n) is 5.48. The number of aromatic nitrogens is 3. The van der Waals surface area contributed by atoms with Gasteiger partial charge in [0.2, 0.25) is 0 Å². The third kappa shape index (κ3) is 3.22. The highest BCUT2D eigenvalue weighted by Crippen LogP contribution is 2.40. The van der Waals surface area contributed by atoms with Gasteiger partial charge in [-0.3, -0.25) is 4.79 Å². The summed E-state index contributed by atoms with van der Waals surface area (Å²) in [4.78, 5) is 20.1. The quantitative estimate of drug-likeness (QED) is 0.660. The molecule has 1 atom stereocenters. The molecule has 27 heavy (non-hydrogen) atoms. The molecule has 0 radical (unpaired) electrons. The van der Waals surface area contributed by atoms with Crippen LogP contribution >= 0.6 is 0 Å². The zero-order valence-corrected chi connectivity index (χ0v) is 16.4. The van der Waals surface area contributed by atoms with Crippen LogP contribution < -0.4 is 0 Å². The number of amides is 1. The maximum Gasteiger partial charge on any atom is 0.254 e. The molecule has 5 nitrogen and oxygen atoms in total. The number of carbonyl (C=O) groups is 1. The molecular weight excluding hydrogens is 336 g/mol. The highest BCUT2D eigenvalue weighted by molar-refractivity contribution is 6.05. The first-order valence-electron chi connectivity index (χ1n) is 9.67. The van der Waals surface area contributed by atoms with Gasteiger partial charge in [0.1, 0.15) is 0 Å². The van der Waals surface area contributed by atoms with Crippen molar-refractivity contribution in [3.8, 4) is 0 Å². The van der Waals surface area contributed by atoms with Gasteiger partial charge in [-0.25, -0.2) is 9.67 Å². The van der Waals surface area contributed by atoms with Gasteiger partial charge in [0.05, 0.1) is 23.2 Å². The number of benzene rings is 1. The Bertz CT molecular complexity index is 973. The molecule has 1 amide bonds. The highest BCUT2D eigenvalue weighted by atomic mass is 16.2. The van der Waals surface area contributed by atoms with Gasteiger partial charge in [-0.15, -0.1) is 0 Å². The van der Waals surface area contributed by atoms with Gasteiger partial charge in [0, 0.05) is 24.7 Å².